The van der Waals surface area contributed by atoms with Gasteiger partial charge in [0.05, 0.1) is 23.6 Å². The second-order valence-corrected chi connectivity index (χ2v) is 7.59. The van der Waals surface area contributed by atoms with Crippen LogP contribution in [0.25, 0.3) is 5.76 Å². The van der Waals surface area contributed by atoms with E-state index in [0.717, 1.165) is 11.6 Å². The van der Waals surface area contributed by atoms with Crippen molar-refractivity contribution in [3.63, 3.8) is 0 Å². The quantitative estimate of drug-likeness (QED) is 0.203. The van der Waals surface area contributed by atoms with E-state index in [1.807, 2.05) is 19.1 Å². The number of nitro benzene ring substituents is 1. The molecular weight excluding hydrogens is 424 g/mol. The molecule has 1 aliphatic rings. The molecule has 0 spiro atoms. The van der Waals surface area contributed by atoms with E-state index < -0.39 is 28.4 Å². The maximum absolute atomic E-state index is 13.2. The number of nitrogens with zero attached hydrogens (tertiary/aromatic N) is 2. The van der Waals surface area contributed by atoms with Crippen LogP contribution >= 0.6 is 0 Å². The predicted molar refractivity (Wildman–Crippen MR) is 122 cm³/mol. The second kappa shape index (κ2) is 8.58. The van der Waals surface area contributed by atoms with E-state index >= 15 is 0 Å². The lowest BCUT2D eigenvalue weighted by atomic mass is 9.94. The number of rotatable bonds is 5. The number of hydrogen-bond donors (Lipinski definition) is 1. The Labute approximate surface area is 189 Å². The average Bonchev–Trinajstić information content (AvgIpc) is 3.09. The van der Waals surface area contributed by atoms with Crippen LogP contribution in [0.3, 0.4) is 0 Å². The third-order valence-electron chi connectivity index (χ3n) is 5.50. The molecule has 1 heterocycles. The Kier molecular flexibility index (Phi) is 5.66. The number of carbonyl (C=O) groups is 2. The largest absolute Gasteiger partial charge is 0.507 e. The summed E-state index contributed by atoms with van der Waals surface area (Å²) in [5.74, 6) is -1.66. The Morgan fingerprint density at radius 3 is 2.39 bits per heavy atom. The first-order valence-corrected chi connectivity index (χ1v) is 10.1. The molecule has 4 rings (SSSR count). The van der Waals surface area contributed by atoms with E-state index in [-0.39, 0.29) is 16.8 Å². The van der Waals surface area contributed by atoms with Crippen LogP contribution in [0, 0.1) is 17.0 Å². The van der Waals surface area contributed by atoms with Crippen molar-refractivity contribution in [3.05, 3.63) is 105 Å². The van der Waals surface area contributed by atoms with Crippen LogP contribution in [0.2, 0.25) is 0 Å². The zero-order valence-electron chi connectivity index (χ0n) is 17.9. The molecule has 166 valence electrons. The molecule has 8 heteroatoms. The molecule has 8 nitrogen and oxygen atoms in total. The molecule has 3 aromatic carbocycles. The number of non-ortho nitro benzene ring substituents is 1. The molecule has 0 saturated carbocycles. The van der Waals surface area contributed by atoms with Crippen LogP contribution in [0.15, 0.2) is 78.4 Å². The summed E-state index contributed by atoms with van der Waals surface area (Å²) in [6, 6.07) is 18.3. The highest BCUT2D eigenvalue weighted by Crippen LogP contribution is 2.43. The van der Waals surface area contributed by atoms with Gasteiger partial charge in [-0.25, -0.2) is 0 Å². The van der Waals surface area contributed by atoms with Crippen molar-refractivity contribution >= 4 is 28.8 Å². The molecule has 0 bridgehead atoms. The lowest BCUT2D eigenvalue weighted by Gasteiger charge is -2.25. The number of aryl methyl sites for hydroxylation is 1. The number of amides is 1. The zero-order valence-corrected chi connectivity index (χ0v) is 17.9. The van der Waals surface area contributed by atoms with Gasteiger partial charge >= 0.3 is 0 Å². The van der Waals surface area contributed by atoms with Gasteiger partial charge in [0.1, 0.15) is 11.5 Å². The summed E-state index contributed by atoms with van der Waals surface area (Å²) in [7, 11) is 1.50. The highest BCUT2D eigenvalue weighted by molar-refractivity contribution is 6.51. The maximum Gasteiger partial charge on any atom is 0.300 e. The normalized spacial score (nSPS) is 17.3. The molecule has 1 saturated heterocycles. The van der Waals surface area contributed by atoms with Gasteiger partial charge in [0, 0.05) is 23.4 Å². The Hall–Kier alpha value is -4.46. The van der Waals surface area contributed by atoms with E-state index in [1.165, 1.54) is 30.2 Å². The molecule has 1 amide bonds. The SMILES string of the molecule is COc1cccc(C2/C(=C(/O)c3cccc([N+](=O)[O-])c3)C(=O)C(=O)N2c2ccc(C)cc2)c1. The second-order valence-electron chi connectivity index (χ2n) is 7.59. The first-order valence-electron chi connectivity index (χ1n) is 10.1. The van der Waals surface area contributed by atoms with Gasteiger partial charge in [-0.2, -0.15) is 0 Å². The van der Waals surface area contributed by atoms with Crippen LogP contribution in [0.4, 0.5) is 11.4 Å². The van der Waals surface area contributed by atoms with Gasteiger partial charge in [0.15, 0.2) is 0 Å². The Balaban J connectivity index is 1.96. The summed E-state index contributed by atoms with van der Waals surface area (Å²) in [5.41, 5.74) is 1.66. The summed E-state index contributed by atoms with van der Waals surface area (Å²) in [6.07, 6.45) is 0. The van der Waals surface area contributed by atoms with E-state index in [0.29, 0.717) is 17.0 Å². The topological polar surface area (TPSA) is 110 Å². The van der Waals surface area contributed by atoms with Crippen molar-refractivity contribution in [1.29, 1.82) is 0 Å². The van der Waals surface area contributed by atoms with Crippen LogP contribution in [-0.4, -0.2) is 28.8 Å². The third-order valence-corrected chi connectivity index (χ3v) is 5.50. The van der Waals surface area contributed by atoms with Crippen molar-refractivity contribution in [2.45, 2.75) is 13.0 Å². The molecule has 3 aromatic rings. The monoisotopic (exact) mass is 444 g/mol. The molecule has 33 heavy (non-hydrogen) atoms. The van der Waals surface area contributed by atoms with Crippen molar-refractivity contribution < 1.29 is 24.4 Å². The van der Waals surface area contributed by atoms with Crippen LogP contribution in [-0.2, 0) is 9.59 Å². The summed E-state index contributed by atoms with van der Waals surface area (Å²) in [6.45, 7) is 1.90. The van der Waals surface area contributed by atoms with E-state index in [2.05, 4.69) is 0 Å². The smallest absolute Gasteiger partial charge is 0.300 e. The van der Waals surface area contributed by atoms with Gasteiger partial charge in [0.2, 0.25) is 0 Å². The highest BCUT2D eigenvalue weighted by Gasteiger charge is 2.47. The van der Waals surface area contributed by atoms with Crippen molar-refractivity contribution in [2.24, 2.45) is 0 Å². The van der Waals surface area contributed by atoms with Crippen molar-refractivity contribution in [3.8, 4) is 5.75 Å². The number of aliphatic hydroxyl groups excluding tert-OH is 1. The highest BCUT2D eigenvalue weighted by atomic mass is 16.6. The zero-order chi connectivity index (χ0) is 23.7. The number of benzene rings is 3. The lowest BCUT2D eigenvalue weighted by Crippen LogP contribution is -2.29. The number of ketones is 1. The van der Waals surface area contributed by atoms with Gasteiger partial charge in [-0.3, -0.25) is 24.6 Å². The number of aliphatic hydroxyl groups is 1. The van der Waals surface area contributed by atoms with E-state index in [1.54, 1.807) is 36.4 Å². The number of anilines is 1. The van der Waals surface area contributed by atoms with Gasteiger partial charge in [0.25, 0.3) is 17.4 Å². The molecule has 1 unspecified atom stereocenters. The Bertz CT molecular complexity index is 1300. The third kappa shape index (κ3) is 3.94. The molecule has 1 fully saturated rings. The van der Waals surface area contributed by atoms with Crippen LogP contribution in [0.1, 0.15) is 22.7 Å². The first-order chi connectivity index (χ1) is 15.8. The van der Waals surface area contributed by atoms with Gasteiger partial charge in [-0.1, -0.05) is 42.0 Å². The summed E-state index contributed by atoms with van der Waals surface area (Å²) < 4.78 is 5.31. The average molecular weight is 444 g/mol. The fourth-order valence-electron chi connectivity index (χ4n) is 3.85. The molecule has 1 atom stereocenters. The van der Waals surface area contributed by atoms with Crippen LogP contribution in [0.5, 0.6) is 5.75 Å². The standard InChI is InChI=1S/C25H20N2O6/c1-15-9-11-18(12-10-15)26-22(16-5-4-8-20(14-16)33-2)21(24(29)25(26)30)23(28)17-6-3-7-19(13-17)27(31)32/h3-14,22,28H,1-2H3/b23-21-. The summed E-state index contributed by atoms with van der Waals surface area (Å²) >= 11 is 0. The van der Waals surface area contributed by atoms with Gasteiger partial charge in [-0.15, -0.1) is 0 Å². The Morgan fingerprint density at radius 1 is 1.03 bits per heavy atom. The number of hydrogen-bond acceptors (Lipinski definition) is 6. The molecular formula is C25H20N2O6. The minimum atomic E-state index is -0.956. The van der Waals surface area contributed by atoms with E-state index in [9.17, 15) is 24.8 Å². The number of methoxy groups -OCH3 is 1. The fourth-order valence-corrected chi connectivity index (χ4v) is 3.85. The molecule has 0 aliphatic carbocycles. The predicted octanol–water partition coefficient (Wildman–Crippen LogP) is 4.54. The molecule has 1 N–H and O–H groups in total. The number of Topliss-reactive ketones (excluding diaryl/α,β-unsaturated/α-hetero) is 1. The summed E-state index contributed by atoms with van der Waals surface area (Å²) in [5, 5.41) is 22.3. The first kappa shape index (κ1) is 21.8. The van der Waals surface area contributed by atoms with Gasteiger partial charge in [-0.05, 0) is 36.8 Å². The van der Waals surface area contributed by atoms with Gasteiger partial charge < -0.3 is 9.84 Å². The number of nitro groups is 1. The molecule has 0 aromatic heterocycles. The number of ether oxygens (including phenoxy) is 1. The molecule has 1 aliphatic heterocycles. The minimum Gasteiger partial charge on any atom is -0.507 e. The minimum absolute atomic E-state index is 0.0685. The van der Waals surface area contributed by atoms with Crippen LogP contribution < -0.4 is 9.64 Å². The molecule has 0 radical (unpaired) electrons. The number of carbonyl (C=O) groups excluding carboxylic acids is 2. The fraction of sp³-hybridized carbons (Fsp3) is 0.120. The van der Waals surface area contributed by atoms with E-state index in [4.69, 9.17) is 4.74 Å². The summed E-state index contributed by atoms with van der Waals surface area (Å²) in [4.78, 5) is 38.2. The van der Waals surface area contributed by atoms with Crippen molar-refractivity contribution in [1.82, 2.24) is 0 Å². The lowest BCUT2D eigenvalue weighted by molar-refractivity contribution is -0.384. The maximum atomic E-state index is 13.2. The van der Waals surface area contributed by atoms with Crippen molar-refractivity contribution in [2.75, 3.05) is 12.0 Å². The Morgan fingerprint density at radius 2 is 1.73 bits per heavy atom.